The number of aliphatic hydroxyl groups is 1. The van der Waals surface area contributed by atoms with Crippen molar-refractivity contribution < 1.29 is 69.4 Å². The quantitative estimate of drug-likeness (QED) is 0.239. The molecule has 0 aliphatic carbocycles. The smallest absolute Gasteiger partial charge is 0.394 e. The second-order valence-corrected chi connectivity index (χ2v) is 3.82. The normalized spacial score (nSPS) is 10.5. The third kappa shape index (κ3) is 16.8. The Kier molecular flexibility index (Phi) is 10.6. The van der Waals surface area contributed by atoms with Gasteiger partial charge in [0.15, 0.2) is 5.60 Å². The molecule has 11 nitrogen and oxygen atoms in total. The predicted molar refractivity (Wildman–Crippen MR) is 51.3 cm³/mol. The van der Waals surface area contributed by atoms with Gasteiger partial charge in [0.2, 0.25) is 0 Å². The van der Waals surface area contributed by atoms with E-state index < -0.39 is 46.7 Å². The average molecular weight is 346 g/mol. The molecule has 0 saturated heterocycles. The Labute approximate surface area is 116 Å². The Hall–Kier alpha value is -1.24. The maximum Gasteiger partial charge on any atom is 0.394 e. The van der Waals surface area contributed by atoms with Crippen LogP contribution in [0.4, 0.5) is 0 Å². The van der Waals surface area contributed by atoms with Gasteiger partial charge in [-0.2, -0.15) is 8.42 Å². The van der Waals surface area contributed by atoms with Gasteiger partial charge in [0.1, 0.15) is 0 Å². The van der Waals surface area contributed by atoms with Crippen molar-refractivity contribution in [3.63, 3.8) is 0 Å². The average Bonchev–Trinajstić information content (AvgIpc) is 1.95. The first kappa shape index (κ1) is 22.9. The number of rotatable bonds is 5. The van der Waals surface area contributed by atoms with Crippen molar-refractivity contribution in [2.45, 2.75) is 18.4 Å². The maximum atomic E-state index is 10.3. The minimum atomic E-state index is -4.67. The van der Waals surface area contributed by atoms with Gasteiger partial charge >= 0.3 is 28.3 Å². The third-order valence-electron chi connectivity index (χ3n) is 1.29. The van der Waals surface area contributed by atoms with Gasteiger partial charge in [0, 0.05) is 17.1 Å². The van der Waals surface area contributed by atoms with E-state index in [4.69, 9.17) is 37.9 Å². The van der Waals surface area contributed by atoms with Crippen molar-refractivity contribution in [1.82, 2.24) is 0 Å². The van der Waals surface area contributed by atoms with Gasteiger partial charge in [-0.1, -0.05) is 0 Å². The van der Waals surface area contributed by atoms with E-state index in [9.17, 15) is 14.4 Å². The zero-order valence-corrected chi connectivity index (χ0v) is 10.8. The summed E-state index contributed by atoms with van der Waals surface area (Å²) in [6.07, 6.45) is -2.29. The van der Waals surface area contributed by atoms with Crippen LogP contribution in [0.1, 0.15) is 12.8 Å². The molecule has 0 atom stereocenters. The Morgan fingerprint density at radius 1 is 0.895 bits per heavy atom. The van der Waals surface area contributed by atoms with E-state index in [1.54, 1.807) is 0 Å². The standard InChI is InChI=1S/C6H8O7.Fe.H2O4S/c7-3(8)1-6(13,5(11)12)2-4(9)10;;1-5(2,3)4/h13H,1-2H2,(H,7,8)(H,9,10)(H,11,12);;(H2,1,2,3,4). The maximum absolute atomic E-state index is 10.3. The van der Waals surface area contributed by atoms with Gasteiger partial charge in [0.05, 0.1) is 12.8 Å². The molecule has 0 aromatic rings. The van der Waals surface area contributed by atoms with Crippen LogP contribution in [0.2, 0.25) is 0 Å². The van der Waals surface area contributed by atoms with E-state index >= 15 is 0 Å². The number of carbonyl (C=O) groups is 3. The van der Waals surface area contributed by atoms with Crippen LogP contribution in [0.25, 0.3) is 0 Å². The van der Waals surface area contributed by atoms with Crippen molar-refractivity contribution in [3.05, 3.63) is 0 Å². The van der Waals surface area contributed by atoms with Crippen molar-refractivity contribution in [1.29, 1.82) is 0 Å². The van der Waals surface area contributed by atoms with Crippen molar-refractivity contribution in [2.75, 3.05) is 0 Å². The SMILES string of the molecule is O=C(O)CC(O)(CC(=O)O)C(=O)O.O=S(=O)(O)O.[Fe]. The predicted octanol–water partition coefficient (Wildman–Crippen LogP) is -1.90. The molecule has 0 rings (SSSR count). The van der Waals surface area contributed by atoms with Gasteiger partial charge in [-0.05, 0) is 0 Å². The Morgan fingerprint density at radius 3 is 1.21 bits per heavy atom. The first-order chi connectivity index (χ1) is 7.78. The van der Waals surface area contributed by atoms with Crippen LogP contribution in [0.15, 0.2) is 0 Å². The first-order valence-electron chi connectivity index (χ1n) is 3.87. The van der Waals surface area contributed by atoms with Crippen molar-refractivity contribution in [2.24, 2.45) is 0 Å². The second kappa shape index (κ2) is 8.79. The number of carboxylic acids is 3. The van der Waals surface area contributed by atoms with E-state index in [1.165, 1.54) is 0 Å². The van der Waals surface area contributed by atoms with E-state index in [2.05, 4.69) is 0 Å². The van der Waals surface area contributed by atoms with Gasteiger partial charge in [0.25, 0.3) is 0 Å². The minimum absolute atomic E-state index is 0. The molecule has 6 N–H and O–H groups in total. The molecule has 0 aromatic carbocycles. The summed E-state index contributed by atoms with van der Waals surface area (Å²) < 4.78 is 31.6. The fraction of sp³-hybridized carbons (Fsp3) is 0.500. The summed E-state index contributed by atoms with van der Waals surface area (Å²) in [5.74, 6) is -5.02. The van der Waals surface area contributed by atoms with Gasteiger partial charge in [-0.15, -0.1) is 0 Å². The molecule has 0 spiro atoms. The summed E-state index contributed by atoms with van der Waals surface area (Å²) in [6, 6.07) is 0. The molecule has 0 radical (unpaired) electrons. The number of carboxylic acid groups (broad SMARTS) is 3. The molecule has 0 amide bonds. The van der Waals surface area contributed by atoms with Gasteiger partial charge < -0.3 is 20.4 Å². The van der Waals surface area contributed by atoms with Crippen LogP contribution in [0, 0.1) is 0 Å². The molecule has 0 saturated carbocycles. The summed E-state index contributed by atoms with van der Waals surface area (Å²) in [7, 11) is -4.67. The van der Waals surface area contributed by atoms with Crippen LogP contribution in [-0.2, 0) is 41.9 Å². The molecule has 0 bridgehead atoms. The molecule has 13 heteroatoms. The fourth-order valence-corrected chi connectivity index (χ4v) is 0.714. The zero-order valence-electron chi connectivity index (χ0n) is 8.90. The molecule has 0 fully saturated rings. The molecule has 0 heterocycles. The molecular formula is C6H10FeO11S. The zero-order chi connectivity index (χ0) is 15.1. The van der Waals surface area contributed by atoms with E-state index in [0.29, 0.717) is 0 Å². The molecule has 19 heavy (non-hydrogen) atoms. The molecule has 0 aliphatic heterocycles. The summed E-state index contributed by atoms with van der Waals surface area (Å²) >= 11 is 0. The Balaban J connectivity index is -0.000000366. The Morgan fingerprint density at radius 2 is 1.11 bits per heavy atom. The summed E-state index contributed by atoms with van der Waals surface area (Å²) in [5, 5.41) is 33.8. The molecule has 0 aliphatic rings. The fourth-order valence-electron chi connectivity index (χ4n) is 0.714. The van der Waals surface area contributed by atoms with Crippen LogP contribution in [-0.4, -0.2) is 61.5 Å². The van der Waals surface area contributed by atoms with E-state index in [-0.39, 0.29) is 17.1 Å². The number of hydrogen-bond acceptors (Lipinski definition) is 6. The molecule has 0 aromatic heterocycles. The number of hydrogen-bond donors (Lipinski definition) is 6. The molecule has 114 valence electrons. The van der Waals surface area contributed by atoms with Crippen LogP contribution in [0.3, 0.4) is 0 Å². The number of aliphatic carboxylic acids is 3. The second-order valence-electron chi connectivity index (χ2n) is 2.93. The van der Waals surface area contributed by atoms with Crippen LogP contribution >= 0.6 is 0 Å². The van der Waals surface area contributed by atoms with Crippen molar-refractivity contribution >= 4 is 28.3 Å². The van der Waals surface area contributed by atoms with Gasteiger partial charge in [-0.3, -0.25) is 18.7 Å². The monoisotopic (exact) mass is 346 g/mol. The van der Waals surface area contributed by atoms with E-state index in [1.807, 2.05) is 0 Å². The van der Waals surface area contributed by atoms with Gasteiger partial charge in [-0.25, -0.2) is 4.79 Å². The van der Waals surface area contributed by atoms with Crippen LogP contribution < -0.4 is 0 Å². The summed E-state index contributed by atoms with van der Waals surface area (Å²) in [6.45, 7) is 0. The third-order valence-corrected chi connectivity index (χ3v) is 1.29. The molecule has 0 unspecified atom stereocenters. The van der Waals surface area contributed by atoms with E-state index in [0.717, 1.165) is 0 Å². The largest absolute Gasteiger partial charge is 0.481 e. The summed E-state index contributed by atoms with van der Waals surface area (Å²) in [4.78, 5) is 30.5. The first-order valence-corrected chi connectivity index (χ1v) is 5.27. The minimum Gasteiger partial charge on any atom is -0.481 e. The topological polar surface area (TPSA) is 207 Å². The summed E-state index contributed by atoms with van der Waals surface area (Å²) in [5.41, 5.74) is -2.74. The van der Waals surface area contributed by atoms with Crippen LogP contribution in [0.5, 0.6) is 0 Å². The van der Waals surface area contributed by atoms with Crippen molar-refractivity contribution in [3.8, 4) is 0 Å². The Bertz CT molecular complexity index is 402. The molecular weight excluding hydrogens is 336 g/mol.